The van der Waals surface area contributed by atoms with E-state index in [0.29, 0.717) is 30.3 Å². The number of fused-ring (bicyclic) bond motifs is 1. The Hall–Kier alpha value is -2.48. The predicted molar refractivity (Wildman–Crippen MR) is 108 cm³/mol. The summed E-state index contributed by atoms with van der Waals surface area (Å²) >= 11 is 6.45. The highest BCUT2D eigenvalue weighted by molar-refractivity contribution is 6.38. The number of hydrogen-bond donors (Lipinski definition) is 2. The molecule has 3 heterocycles. The number of carbonyl (C=O) groups excluding carboxylic acids is 1. The molecular formula is C20H22ClN5O2. The van der Waals surface area contributed by atoms with Gasteiger partial charge in [-0.1, -0.05) is 11.6 Å². The molecule has 28 heavy (non-hydrogen) atoms. The fourth-order valence-corrected chi connectivity index (χ4v) is 3.79. The molecule has 3 aromatic rings. The van der Waals surface area contributed by atoms with Crippen LogP contribution in [0, 0.1) is 6.92 Å². The van der Waals surface area contributed by atoms with Crippen molar-refractivity contribution in [3.8, 4) is 0 Å². The van der Waals surface area contributed by atoms with E-state index in [2.05, 4.69) is 25.2 Å². The highest BCUT2D eigenvalue weighted by Gasteiger charge is 2.24. The number of aromatic amines is 1. The maximum Gasteiger partial charge on any atom is 0.252 e. The molecule has 2 N–H and O–H groups in total. The molecule has 146 valence electrons. The first kappa shape index (κ1) is 18.9. The monoisotopic (exact) mass is 399 g/mol. The molecule has 1 aromatic carbocycles. The molecule has 0 saturated carbocycles. The molecule has 1 fully saturated rings. The van der Waals surface area contributed by atoms with E-state index in [1.165, 1.54) is 0 Å². The minimum absolute atomic E-state index is 0.0248. The average molecular weight is 400 g/mol. The first-order valence-corrected chi connectivity index (χ1v) is 9.65. The number of morpholine rings is 1. The molecule has 0 aliphatic carbocycles. The van der Waals surface area contributed by atoms with E-state index in [4.69, 9.17) is 16.3 Å². The van der Waals surface area contributed by atoms with Gasteiger partial charge in [-0.05, 0) is 25.1 Å². The number of rotatable bonds is 5. The molecule has 4 rings (SSSR count). The van der Waals surface area contributed by atoms with Crippen LogP contribution in [0.15, 0.2) is 36.8 Å². The van der Waals surface area contributed by atoms with Crippen molar-refractivity contribution in [2.24, 2.45) is 0 Å². The molecule has 0 radical (unpaired) electrons. The molecule has 7 nitrogen and oxygen atoms in total. The zero-order valence-corrected chi connectivity index (χ0v) is 16.4. The van der Waals surface area contributed by atoms with Gasteiger partial charge in [-0.2, -0.15) is 0 Å². The molecule has 1 unspecified atom stereocenters. The van der Waals surface area contributed by atoms with Gasteiger partial charge in [0, 0.05) is 54.7 Å². The number of H-pyrrole nitrogens is 1. The Labute approximate surface area is 168 Å². The molecule has 1 aliphatic rings. The van der Waals surface area contributed by atoms with Gasteiger partial charge in [0.2, 0.25) is 0 Å². The van der Waals surface area contributed by atoms with Crippen LogP contribution in [0.25, 0.3) is 10.9 Å². The van der Waals surface area contributed by atoms with Crippen LogP contribution in [0.5, 0.6) is 0 Å². The summed E-state index contributed by atoms with van der Waals surface area (Å²) in [7, 11) is 0. The summed E-state index contributed by atoms with van der Waals surface area (Å²) in [6.07, 6.45) is 5.46. The summed E-state index contributed by atoms with van der Waals surface area (Å²) in [5.74, 6) is 0.527. The second-order valence-corrected chi connectivity index (χ2v) is 7.18. The number of carbonyl (C=O) groups is 1. The van der Waals surface area contributed by atoms with Crippen molar-refractivity contribution in [2.45, 2.75) is 13.0 Å². The zero-order valence-electron chi connectivity index (χ0n) is 15.6. The average Bonchev–Trinajstić information content (AvgIpc) is 3.20. The van der Waals surface area contributed by atoms with Gasteiger partial charge >= 0.3 is 0 Å². The maximum absolute atomic E-state index is 12.8. The Morgan fingerprint density at radius 3 is 2.79 bits per heavy atom. The quantitative estimate of drug-likeness (QED) is 0.689. The second kappa shape index (κ2) is 8.26. The Morgan fingerprint density at radius 2 is 2.04 bits per heavy atom. The molecule has 0 bridgehead atoms. The van der Waals surface area contributed by atoms with E-state index in [9.17, 15) is 4.79 Å². The summed E-state index contributed by atoms with van der Waals surface area (Å²) < 4.78 is 5.47. The van der Waals surface area contributed by atoms with Crippen molar-refractivity contribution >= 4 is 28.4 Å². The van der Waals surface area contributed by atoms with E-state index in [0.717, 1.165) is 35.4 Å². The van der Waals surface area contributed by atoms with Crippen molar-refractivity contribution in [2.75, 3.05) is 32.8 Å². The highest BCUT2D eigenvalue weighted by Crippen LogP contribution is 2.27. The minimum Gasteiger partial charge on any atom is -0.379 e. The number of nitrogens with zero attached hydrogens (tertiary/aromatic N) is 3. The predicted octanol–water partition coefficient (Wildman–Crippen LogP) is 2.72. The van der Waals surface area contributed by atoms with Crippen LogP contribution < -0.4 is 5.32 Å². The van der Waals surface area contributed by atoms with Crippen LogP contribution in [0.3, 0.4) is 0 Å². The fourth-order valence-electron chi connectivity index (χ4n) is 3.48. The Kier molecular flexibility index (Phi) is 5.57. The highest BCUT2D eigenvalue weighted by atomic mass is 35.5. The lowest BCUT2D eigenvalue weighted by Gasteiger charge is -2.34. The molecular weight excluding hydrogens is 378 g/mol. The van der Waals surface area contributed by atoms with Gasteiger partial charge in [0.15, 0.2) is 0 Å². The van der Waals surface area contributed by atoms with Gasteiger partial charge in [-0.3, -0.25) is 9.69 Å². The van der Waals surface area contributed by atoms with Crippen LogP contribution in [-0.2, 0) is 4.74 Å². The molecule has 2 aromatic heterocycles. The van der Waals surface area contributed by atoms with Crippen LogP contribution in [0.2, 0.25) is 5.02 Å². The van der Waals surface area contributed by atoms with Gasteiger partial charge in [0.05, 0.1) is 29.8 Å². The fraction of sp³-hybridized carbons (Fsp3) is 0.350. The summed E-state index contributed by atoms with van der Waals surface area (Å²) in [5, 5.41) is 4.33. The van der Waals surface area contributed by atoms with Gasteiger partial charge in [-0.25, -0.2) is 9.97 Å². The topological polar surface area (TPSA) is 83.1 Å². The van der Waals surface area contributed by atoms with Gasteiger partial charge in [-0.15, -0.1) is 0 Å². The van der Waals surface area contributed by atoms with Crippen LogP contribution in [0.4, 0.5) is 0 Å². The van der Waals surface area contributed by atoms with Crippen LogP contribution >= 0.6 is 11.6 Å². The Balaban J connectivity index is 1.53. The lowest BCUT2D eigenvalue weighted by atomic mass is 10.1. The molecule has 1 atom stereocenters. The molecule has 8 heteroatoms. The first-order valence-electron chi connectivity index (χ1n) is 9.27. The van der Waals surface area contributed by atoms with E-state index in [1.54, 1.807) is 6.07 Å². The smallest absolute Gasteiger partial charge is 0.252 e. The standard InChI is InChI=1S/C20H22ClN5O2/c1-13-23-10-14(11-24-13)18(26-6-8-28-9-7-26)12-25-20(27)16-2-3-17-15(19(16)21)4-5-22-17/h2-5,10-11,18,22H,6-9,12H2,1H3,(H,25,27). The van der Waals surface area contributed by atoms with E-state index < -0.39 is 0 Å². The lowest BCUT2D eigenvalue weighted by Crippen LogP contribution is -2.44. The number of nitrogens with one attached hydrogen (secondary N) is 2. The van der Waals surface area contributed by atoms with Crippen LogP contribution in [0.1, 0.15) is 27.8 Å². The van der Waals surface area contributed by atoms with Gasteiger partial charge in [0.25, 0.3) is 5.91 Å². The van der Waals surface area contributed by atoms with Crippen molar-refractivity contribution in [3.05, 3.63) is 58.8 Å². The summed E-state index contributed by atoms with van der Waals surface area (Å²) in [4.78, 5) is 26.8. The summed E-state index contributed by atoms with van der Waals surface area (Å²) in [6.45, 7) is 5.23. The van der Waals surface area contributed by atoms with Gasteiger partial charge < -0.3 is 15.0 Å². The zero-order chi connectivity index (χ0) is 19.5. The number of halogens is 1. The summed E-state index contributed by atoms with van der Waals surface area (Å²) in [6, 6.07) is 5.45. The second-order valence-electron chi connectivity index (χ2n) is 6.80. The van der Waals surface area contributed by atoms with E-state index >= 15 is 0 Å². The van der Waals surface area contributed by atoms with E-state index in [-0.39, 0.29) is 11.9 Å². The third kappa shape index (κ3) is 3.87. The lowest BCUT2D eigenvalue weighted by molar-refractivity contribution is 0.0161. The Bertz CT molecular complexity index is 966. The number of amides is 1. The van der Waals surface area contributed by atoms with Gasteiger partial charge in [0.1, 0.15) is 5.82 Å². The number of ether oxygens (including phenoxy) is 1. The van der Waals surface area contributed by atoms with Crippen molar-refractivity contribution in [1.82, 2.24) is 25.2 Å². The molecule has 0 spiro atoms. The maximum atomic E-state index is 12.8. The van der Waals surface area contributed by atoms with Crippen molar-refractivity contribution in [1.29, 1.82) is 0 Å². The largest absolute Gasteiger partial charge is 0.379 e. The number of hydrogen-bond acceptors (Lipinski definition) is 5. The van der Waals surface area contributed by atoms with E-state index in [1.807, 2.05) is 37.6 Å². The third-order valence-corrected chi connectivity index (χ3v) is 5.45. The molecule has 1 aliphatic heterocycles. The normalized spacial score (nSPS) is 16.2. The number of aryl methyl sites for hydroxylation is 1. The number of benzene rings is 1. The van der Waals surface area contributed by atoms with Crippen molar-refractivity contribution in [3.63, 3.8) is 0 Å². The third-order valence-electron chi connectivity index (χ3n) is 5.04. The molecule has 1 saturated heterocycles. The van der Waals surface area contributed by atoms with Crippen LogP contribution in [-0.4, -0.2) is 58.6 Å². The Morgan fingerprint density at radius 1 is 1.29 bits per heavy atom. The minimum atomic E-state index is -0.195. The molecule has 1 amide bonds. The number of aromatic nitrogens is 3. The van der Waals surface area contributed by atoms with Crippen molar-refractivity contribution < 1.29 is 9.53 Å². The summed E-state index contributed by atoms with van der Waals surface area (Å²) in [5.41, 5.74) is 2.35. The first-order chi connectivity index (χ1) is 13.6. The SMILES string of the molecule is Cc1ncc(C(CNC(=O)c2ccc3[nH]ccc3c2Cl)N2CCOCC2)cn1.